The van der Waals surface area contributed by atoms with E-state index in [9.17, 15) is 14.7 Å². The number of hydrogen-bond donors (Lipinski definition) is 3. The number of carbonyl (C=O) groups excluding carboxylic acids is 2. The molecule has 5 aromatic rings. The molecular weight excluding hydrogens is 609 g/mol. The van der Waals surface area contributed by atoms with E-state index < -0.39 is 12.1 Å². The molecule has 0 fully saturated rings. The highest BCUT2D eigenvalue weighted by atomic mass is 32.1. The van der Waals surface area contributed by atoms with Gasteiger partial charge < -0.3 is 25.2 Å². The van der Waals surface area contributed by atoms with Crippen molar-refractivity contribution in [3.8, 4) is 5.69 Å². The highest BCUT2D eigenvalue weighted by molar-refractivity contribution is 7.09. The van der Waals surface area contributed by atoms with Crippen LogP contribution in [-0.4, -0.2) is 62.1 Å². The number of thiazole rings is 1. The van der Waals surface area contributed by atoms with Gasteiger partial charge in [0.25, 0.3) is 11.8 Å². The van der Waals surface area contributed by atoms with Gasteiger partial charge in [-0.15, -0.1) is 11.3 Å². The Morgan fingerprint density at radius 1 is 0.979 bits per heavy atom. The predicted octanol–water partition coefficient (Wildman–Crippen LogP) is 5.52. The minimum absolute atomic E-state index is 0.220. The van der Waals surface area contributed by atoms with Gasteiger partial charge in [-0.25, -0.2) is 4.98 Å². The molecule has 2 aromatic carbocycles. The first-order valence-electron chi connectivity index (χ1n) is 15.8. The first-order chi connectivity index (χ1) is 22.7. The van der Waals surface area contributed by atoms with E-state index in [1.54, 1.807) is 30.1 Å². The van der Waals surface area contributed by atoms with Crippen LogP contribution in [0.4, 0.5) is 0 Å². The van der Waals surface area contributed by atoms with Crippen molar-refractivity contribution in [3.63, 3.8) is 0 Å². The van der Waals surface area contributed by atoms with Gasteiger partial charge in [-0.2, -0.15) is 0 Å². The van der Waals surface area contributed by atoms with Crippen LogP contribution in [-0.2, 0) is 19.5 Å². The molecule has 10 heteroatoms. The molecule has 0 unspecified atom stereocenters. The minimum atomic E-state index is -0.887. The van der Waals surface area contributed by atoms with Crippen molar-refractivity contribution in [2.24, 2.45) is 0 Å². The smallest absolute Gasteiger partial charge is 0.254 e. The summed E-state index contributed by atoms with van der Waals surface area (Å²) < 4.78 is 1.86. The van der Waals surface area contributed by atoms with Crippen molar-refractivity contribution < 1.29 is 14.7 Å². The summed E-state index contributed by atoms with van der Waals surface area (Å²) in [6.45, 7) is 7.34. The number of rotatable bonds is 14. The van der Waals surface area contributed by atoms with E-state index in [4.69, 9.17) is 0 Å². The maximum absolute atomic E-state index is 13.9. The Labute approximate surface area is 280 Å². The SMILES string of the molecule is Cc1csc(CN(C)C(=O)c2cc(C(=O)N[C@@H](Cc3ccccc3)[C@H](O)CNCc3cncc(C(C)C)c3)cc(-n3cccc3)c2)n1. The molecule has 0 saturated carbocycles. The first-order valence-corrected chi connectivity index (χ1v) is 16.7. The summed E-state index contributed by atoms with van der Waals surface area (Å²) in [5.41, 5.74) is 5.48. The summed E-state index contributed by atoms with van der Waals surface area (Å²) in [6, 6.07) is 20.2. The highest BCUT2D eigenvalue weighted by Gasteiger charge is 2.24. The van der Waals surface area contributed by atoms with E-state index in [-0.39, 0.29) is 18.4 Å². The van der Waals surface area contributed by atoms with Crippen molar-refractivity contribution >= 4 is 23.2 Å². The van der Waals surface area contributed by atoms with Crippen LogP contribution in [0.2, 0.25) is 0 Å². The standard InChI is InChI=1S/C37H42N6O3S/c1-25(2)31-14-28(19-38-21-31)20-39-22-34(44)33(15-27-10-6-5-7-11-27)41-36(45)29-16-30(18-32(17-29)43-12-8-9-13-43)37(46)42(4)23-35-40-26(3)24-47-35/h5-14,16-19,21,24-25,33-34,39,44H,15,20,22-23H2,1-4H3,(H,41,45)/t33-,34+/m0/s1. The average molecular weight is 651 g/mol. The van der Waals surface area contributed by atoms with Gasteiger partial charge in [-0.3, -0.25) is 14.6 Å². The first kappa shape index (κ1) is 33.7. The van der Waals surface area contributed by atoms with Gasteiger partial charge in [-0.05, 0) is 66.3 Å². The lowest BCUT2D eigenvalue weighted by Crippen LogP contribution is -2.48. The Balaban J connectivity index is 1.35. The summed E-state index contributed by atoms with van der Waals surface area (Å²) >= 11 is 1.51. The number of benzene rings is 2. The van der Waals surface area contributed by atoms with Gasteiger partial charge in [0.1, 0.15) is 5.01 Å². The maximum atomic E-state index is 13.9. The molecule has 0 bridgehead atoms. The van der Waals surface area contributed by atoms with Crippen molar-refractivity contribution in [1.29, 1.82) is 0 Å². The fourth-order valence-corrected chi connectivity index (χ4v) is 6.15. The monoisotopic (exact) mass is 650 g/mol. The van der Waals surface area contributed by atoms with E-state index in [0.717, 1.165) is 27.4 Å². The molecule has 0 saturated heterocycles. The molecule has 244 valence electrons. The lowest BCUT2D eigenvalue weighted by Gasteiger charge is -2.25. The van der Waals surface area contributed by atoms with Gasteiger partial charge in [0.05, 0.1) is 18.7 Å². The van der Waals surface area contributed by atoms with Crippen LogP contribution in [0.25, 0.3) is 5.69 Å². The lowest BCUT2D eigenvalue weighted by molar-refractivity contribution is 0.0784. The van der Waals surface area contributed by atoms with E-state index in [1.165, 1.54) is 11.3 Å². The Kier molecular flexibility index (Phi) is 11.3. The van der Waals surface area contributed by atoms with Gasteiger partial charge >= 0.3 is 0 Å². The molecule has 2 amide bonds. The fourth-order valence-electron chi connectivity index (χ4n) is 5.32. The van der Waals surface area contributed by atoms with Gasteiger partial charge in [0.2, 0.25) is 0 Å². The zero-order valence-corrected chi connectivity index (χ0v) is 28.1. The topological polar surface area (TPSA) is 112 Å². The molecule has 0 spiro atoms. The second kappa shape index (κ2) is 15.8. The van der Waals surface area contributed by atoms with Crippen LogP contribution in [0.1, 0.15) is 67.9 Å². The molecule has 0 aliphatic heterocycles. The molecule has 3 aromatic heterocycles. The maximum Gasteiger partial charge on any atom is 0.254 e. The number of pyridine rings is 1. The molecule has 47 heavy (non-hydrogen) atoms. The zero-order chi connectivity index (χ0) is 33.3. The van der Waals surface area contributed by atoms with Crippen molar-refractivity contribution in [2.75, 3.05) is 13.6 Å². The number of nitrogens with zero attached hydrogens (tertiary/aromatic N) is 4. The zero-order valence-electron chi connectivity index (χ0n) is 27.3. The second-order valence-electron chi connectivity index (χ2n) is 12.2. The lowest BCUT2D eigenvalue weighted by atomic mass is 9.99. The molecule has 3 heterocycles. The summed E-state index contributed by atoms with van der Waals surface area (Å²) in [7, 11) is 1.73. The molecule has 0 aliphatic rings. The summed E-state index contributed by atoms with van der Waals surface area (Å²) in [4.78, 5) is 38.0. The normalized spacial score (nSPS) is 12.6. The Hall–Kier alpha value is -4.64. The van der Waals surface area contributed by atoms with Crippen molar-refractivity contribution in [1.82, 2.24) is 30.1 Å². The van der Waals surface area contributed by atoms with Gasteiger partial charge in [-0.1, -0.05) is 50.2 Å². The number of aromatic nitrogens is 3. The van der Waals surface area contributed by atoms with Crippen LogP contribution in [0.3, 0.4) is 0 Å². The number of aliphatic hydroxyl groups excluding tert-OH is 1. The third-order valence-electron chi connectivity index (χ3n) is 7.96. The van der Waals surface area contributed by atoms with Crippen LogP contribution in [0, 0.1) is 6.92 Å². The van der Waals surface area contributed by atoms with Crippen LogP contribution in [0.15, 0.2) is 96.9 Å². The molecule has 0 radical (unpaired) electrons. The van der Waals surface area contributed by atoms with E-state index in [0.29, 0.717) is 42.2 Å². The Morgan fingerprint density at radius 3 is 2.43 bits per heavy atom. The van der Waals surface area contributed by atoms with E-state index in [1.807, 2.05) is 84.1 Å². The quantitative estimate of drug-likeness (QED) is 0.146. The van der Waals surface area contributed by atoms with Crippen LogP contribution < -0.4 is 10.6 Å². The molecule has 9 nitrogen and oxygen atoms in total. The van der Waals surface area contributed by atoms with Gasteiger partial charge in [0, 0.05) is 72.8 Å². The van der Waals surface area contributed by atoms with Crippen molar-refractivity contribution in [2.45, 2.75) is 58.3 Å². The predicted molar refractivity (Wildman–Crippen MR) is 186 cm³/mol. The number of nitrogens with one attached hydrogen (secondary N) is 2. The van der Waals surface area contributed by atoms with E-state index in [2.05, 4.69) is 40.5 Å². The summed E-state index contributed by atoms with van der Waals surface area (Å²) in [5.74, 6) is -0.227. The van der Waals surface area contributed by atoms with Crippen LogP contribution in [0.5, 0.6) is 0 Å². The number of carbonyl (C=O) groups is 2. The second-order valence-corrected chi connectivity index (χ2v) is 13.1. The number of hydrogen-bond acceptors (Lipinski definition) is 7. The number of aryl methyl sites for hydroxylation is 1. The third-order valence-corrected chi connectivity index (χ3v) is 8.91. The molecule has 5 rings (SSSR count). The molecule has 2 atom stereocenters. The Bertz CT molecular complexity index is 1770. The Morgan fingerprint density at radius 2 is 1.72 bits per heavy atom. The highest BCUT2D eigenvalue weighted by Crippen LogP contribution is 2.20. The number of aliphatic hydroxyl groups is 1. The largest absolute Gasteiger partial charge is 0.390 e. The van der Waals surface area contributed by atoms with Crippen molar-refractivity contribution in [3.05, 3.63) is 135 Å². The summed E-state index contributed by atoms with van der Waals surface area (Å²) in [5, 5.41) is 20.6. The summed E-state index contributed by atoms with van der Waals surface area (Å²) in [6.07, 6.45) is 6.97. The minimum Gasteiger partial charge on any atom is -0.390 e. The molecule has 3 N–H and O–H groups in total. The van der Waals surface area contributed by atoms with E-state index >= 15 is 0 Å². The number of amides is 2. The molecular formula is C37H42N6O3S. The fraction of sp³-hybridized carbons (Fsp3) is 0.297. The van der Waals surface area contributed by atoms with Crippen LogP contribution >= 0.6 is 11.3 Å². The van der Waals surface area contributed by atoms with Gasteiger partial charge in [0.15, 0.2) is 0 Å². The third kappa shape index (κ3) is 9.22. The molecule has 0 aliphatic carbocycles. The average Bonchev–Trinajstić information content (AvgIpc) is 3.76.